The molecule has 6 atom stereocenters. The maximum Gasteiger partial charge on any atom is 0.329 e. The summed E-state index contributed by atoms with van der Waals surface area (Å²) in [4.78, 5) is 31.5. The molecule has 3 amide bonds. The molecule has 10 nitrogen and oxygen atoms in total. The number of fused-ring (bicyclic) bond motifs is 4. The number of methoxy groups -OCH3 is 2. The van der Waals surface area contributed by atoms with E-state index in [1.54, 1.807) is 25.2 Å². The van der Waals surface area contributed by atoms with Gasteiger partial charge in [-0.1, -0.05) is 36.7 Å². The van der Waals surface area contributed by atoms with Crippen LogP contribution in [0.25, 0.3) is 0 Å². The van der Waals surface area contributed by atoms with Gasteiger partial charge in [0.05, 0.1) is 30.3 Å². The van der Waals surface area contributed by atoms with E-state index >= 15 is 0 Å². The van der Waals surface area contributed by atoms with Crippen molar-refractivity contribution in [3.63, 3.8) is 0 Å². The van der Waals surface area contributed by atoms with Crippen molar-refractivity contribution in [1.82, 2.24) is 9.62 Å². The highest BCUT2D eigenvalue weighted by atomic mass is 35.5. The molecule has 1 unspecified atom stereocenters. The number of nitrogens with zero attached hydrogens (tertiary/aromatic N) is 3. The third kappa shape index (κ3) is 7.68. The van der Waals surface area contributed by atoms with Gasteiger partial charge in [-0.15, -0.1) is 4.36 Å². The van der Waals surface area contributed by atoms with Gasteiger partial charge in [0.25, 0.3) is 5.91 Å². The number of nitrogens with one attached hydrogen (secondary N) is 1. The molecule has 12 heteroatoms. The maximum absolute atomic E-state index is 14.6. The van der Waals surface area contributed by atoms with Gasteiger partial charge in [0.15, 0.2) is 0 Å². The average Bonchev–Trinajstić information content (AvgIpc) is 3.25. The predicted molar refractivity (Wildman–Crippen MR) is 200 cm³/mol. The Kier molecular flexibility index (Phi) is 10.7. The Balaban J connectivity index is 1.26. The number of aryl methyl sites for hydroxylation is 1. The number of piperidine rings is 1. The summed E-state index contributed by atoms with van der Waals surface area (Å²) in [5, 5.41) is 0.745. The fraction of sp³-hybridized carbons (Fsp3) is 0.590. The van der Waals surface area contributed by atoms with Crippen LogP contribution in [0.15, 0.2) is 52.9 Å². The van der Waals surface area contributed by atoms with Crippen molar-refractivity contribution in [3.8, 4) is 5.75 Å². The SMILES string of the molecule is COC1CCN(C(=O)NS2(=O)=NC(=O)c3ccc4c(c3)N(C[C@@H]3CC[C@H]3[C@@H](OC)/C=C\C[C@H](C)C2)C[C@@]2(CCCc3cc(Cl)ccc32)CO4)CC1. The number of halogens is 1. The fourth-order valence-electron chi connectivity index (χ4n) is 8.86. The fourth-order valence-corrected chi connectivity index (χ4v) is 10.9. The topological polar surface area (TPSA) is 110 Å². The highest BCUT2D eigenvalue weighted by Gasteiger charge is 2.44. The van der Waals surface area contributed by atoms with Crippen LogP contribution in [0.4, 0.5) is 10.5 Å². The second-order valence-corrected chi connectivity index (χ2v) is 17.7. The predicted octanol–water partition coefficient (Wildman–Crippen LogP) is 6.79. The van der Waals surface area contributed by atoms with Gasteiger partial charge < -0.3 is 24.0 Å². The van der Waals surface area contributed by atoms with E-state index in [2.05, 4.69) is 38.3 Å². The van der Waals surface area contributed by atoms with E-state index in [4.69, 9.17) is 25.8 Å². The van der Waals surface area contributed by atoms with Crippen LogP contribution in [0.2, 0.25) is 5.02 Å². The Morgan fingerprint density at radius 2 is 1.92 bits per heavy atom. The lowest BCUT2D eigenvalue weighted by Crippen LogP contribution is -2.49. The molecule has 2 fully saturated rings. The third-order valence-electron chi connectivity index (χ3n) is 11.8. The molecule has 51 heavy (non-hydrogen) atoms. The van der Waals surface area contributed by atoms with E-state index in [1.165, 1.54) is 11.1 Å². The van der Waals surface area contributed by atoms with E-state index in [0.717, 1.165) is 55.9 Å². The van der Waals surface area contributed by atoms with E-state index in [1.807, 2.05) is 25.1 Å². The lowest BCUT2D eigenvalue weighted by atomic mass is 9.68. The quantitative estimate of drug-likeness (QED) is 0.346. The van der Waals surface area contributed by atoms with Gasteiger partial charge in [-0.2, -0.15) is 0 Å². The molecule has 3 aliphatic heterocycles. The summed E-state index contributed by atoms with van der Waals surface area (Å²) in [6, 6.07) is 11.2. The van der Waals surface area contributed by atoms with Crippen LogP contribution in [0.3, 0.4) is 0 Å². The number of amides is 3. The Bertz CT molecular complexity index is 1790. The summed E-state index contributed by atoms with van der Waals surface area (Å²) in [5.74, 6) is 0.765. The first-order chi connectivity index (χ1) is 24.6. The standard InChI is InChI=1S/C39H51ClN4O6S/c1-26-6-4-8-35(49-3)32-12-9-29(32)22-44-24-39(17-5-7-27-20-30(40)11-13-33(27)39)25-50-36-14-10-28(21-34(36)44)37(45)41-51(47,23-26)42-38(46)43-18-15-31(48-2)16-19-43/h4,8,10-11,13-14,20-21,26,29,31-32,35H,5-7,9,12,15-19,22-25H2,1-3H3,(H,41,42,45,46,47)/b8-4-/t26-,29-,32+,35-,39-,51?/m0/s1. The van der Waals surface area contributed by atoms with Crippen LogP contribution >= 0.6 is 11.6 Å². The Labute approximate surface area is 307 Å². The Hall–Kier alpha value is -3.12. The van der Waals surface area contributed by atoms with Gasteiger partial charge in [-0.25, -0.2) is 9.00 Å². The number of carbonyl (C=O) groups excluding carboxylic acids is 2. The van der Waals surface area contributed by atoms with E-state index in [-0.39, 0.29) is 29.3 Å². The number of hydrogen-bond donors (Lipinski definition) is 1. The summed E-state index contributed by atoms with van der Waals surface area (Å²) in [6.07, 6.45) is 11.5. The molecule has 7 rings (SSSR count). The second-order valence-electron chi connectivity index (χ2n) is 15.3. The van der Waals surface area contributed by atoms with Crippen molar-refractivity contribution in [2.24, 2.45) is 22.1 Å². The van der Waals surface area contributed by atoms with Crippen LogP contribution in [0.1, 0.15) is 73.4 Å². The van der Waals surface area contributed by atoms with Gasteiger partial charge in [0, 0.05) is 56.4 Å². The molecule has 2 aliphatic carbocycles. The van der Waals surface area contributed by atoms with Gasteiger partial charge >= 0.3 is 6.03 Å². The first-order valence-corrected chi connectivity index (χ1v) is 20.5. The van der Waals surface area contributed by atoms with Crippen LogP contribution < -0.4 is 14.4 Å². The molecule has 2 aromatic carbocycles. The van der Waals surface area contributed by atoms with Crippen molar-refractivity contribution < 1.29 is 28.0 Å². The molecule has 1 saturated carbocycles. The molecule has 276 valence electrons. The maximum atomic E-state index is 14.6. The Morgan fingerprint density at radius 3 is 2.67 bits per heavy atom. The highest BCUT2D eigenvalue weighted by Crippen LogP contribution is 2.47. The summed E-state index contributed by atoms with van der Waals surface area (Å²) >= 11 is 6.46. The zero-order valence-electron chi connectivity index (χ0n) is 30.0. The van der Waals surface area contributed by atoms with Crippen LogP contribution in [0.5, 0.6) is 5.75 Å². The number of hydrogen-bond acceptors (Lipinski definition) is 7. The molecular weight excluding hydrogens is 688 g/mol. The summed E-state index contributed by atoms with van der Waals surface area (Å²) in [6.45, 7) is 4.96. The minimum atomic E-state index is -3.48. The number of urea groups is 1. The summed E-state index contributed by atoms with van der Waals surface area (Å²) in [5.41, 5.74) is 3.45. The van der Waals surface area contributed by atoms with Crippen molar-refractivity contribution in [2.45, 2.75) is 75.9 Å². The molecule has 1 N–H and O–H groups in total. The average molecular weight is 739 g/mol. The normalized spacial score (nSPS) is 32.0. The largest absolute Gasteiger partial charge is 0.490 e. The Morgan fingerprint density at radius 1 is 1.10 bits per heavy atom. The number of benzene rings is 2. The van der Waals surface area contributed by atoms with Gasteiger partial charge in [0.2, 0.25) is 0 Å². The number of likely N-dealkylation sites (tertiary alicyclic amines) is 1. The molecule has 3 heterocycles. The van der Waals surface area contributed by atoms with Crippen molar-refractivity contribution >= 4 is 39.1 Å². The second kappa shape index (κ2) is 15.1. The molecule has 0 aromatic heterocycles. The lowest BCUT2D eigenvalue weighted by Gasteiger charge is -2.46. The van der Waals surface area contributed by atoms with Crippen LogP contribution in [-0.2, 0) is 31.2 Å². The molecule has 5 aliphatic rings. The smallest absolute Gasteiger partial charge is 0.329 e. The number of carbonyl (C=O) groups is 2. The number of ether oxygens (including phenoxy) is 3. The van der Waals surface area contributed by atoms with E-state index in [0.29, 0.717) is 62.1 Å². The monoisotopic (exact) mass is 738 g/mol. The molecule has 0 radical (unpaired) electrons. The molecule has 1 saturated heterocycles. The summed E-state index contributed by atoms with van der Waals surface area (Å²) in [7, 11) is -0.0323. The van der Waals surface area contributed by atoms with Crippen LogP contribution in [0, 0.1) is 17.8 Å². The molecule has 1 spiro atoms. The first kappa shape index (κ1) is 36.2. The zero-order chi connectivity index (χ0) is 35.8. The third-order valence-corrected chi connectivity index (χ3v) is 14.0. The minimum Gasteiger partial charge on any atom is -0.490 e. The van der Waals surface area contributed by atoms with Gasteiger partial charge in [-0.05, 0) is 111 Å². The van der Waals surface area contributed by atoms with Gasteiger partial charge in [0.1, 0.15) is 15.7 Å². The molecular formula is C39H51ClN4O6S. The van der Waals surface area contributed by atoms with Crippen LogP contribution in [-0.4, -0.2) is 86.0 Å². The van der Waals surface area contributed by atoms with Gasteiger partial charge in [-0.3, -0.25) is 9.52 Å². The van der Waals surface area contributed by atoms with Crippen molar-refractivity contribution in [2.75, 3.05) is 57.7 Å². The van der Waals surface area contributed by atoms with E-state index < -0.39 is 21.9 Å². The molecule has 2 bridgehead atoms. The zero-order valence-corrected chi connectivity index (χ0v) is 31.6. The minimum absolute atomic E-state index is 0.0409. The van der Waals surface area contributed by atoms with Crippen molar-refractivity contribution in [1.29, 1.82) is 0 Å². The summed E-state index contributed by atoms with van der Waals surface area (Å²) < 4.78 is 39.8. The number of anilines is 1. The number of rotatable bonds is 3. The number of allylic oxidation sites excluding steroid dienone is 1. The highest BCUT2D eigenvalue weighted by molar-refractivity contribution is 7.92. The van der Waals surface area contributed by atoms with E-state index in [9.17, 15) is 13.8 Å². The first-order valence-electron chi connectivity index (χ1n) is 18.5. The van der Waals surface area contributed by atoms with Crippen molar-refractivity contribution in [3.05, 3.63) is 70.3 Å². The molecule has 2 aromatic rings. The lowest BCUT2D eigenvalue weighted by molar-refractivity contribution is 0.0131.